The van der Waals surface area contributed by atoms with Crippen molar-refractivity contribution in [1.29, 1.82) is 0 Å². The quantitative estimate of drug-likeness (QED) is 0.902. The number of hydrogen-bond acceptors (Lipinski definition) is 4. The first-order chi connectivity index (χ1) is 13.2. The first-order valence-electron chi connectivity index (χ1n) is 9.48. The van der Waals surface area contributed by atoms with Gasteiger partial charge in [-0.2, -0.15) is 0 Å². The molecule has 0 atom stereocenters. The van der Waals surface area contributed by atoms with Crippen LogP contribution in [0.3, 0.4) is 0 Å². The maximum Gasteiger partial charge on any atom is 0.326 e. The number of urea groups is 1. The predicted molar refractivity (Wildman–Crippen MR) is 103 cm³/mol. The van der Waals surface area contributed by atoms with Gasteiger partial charge in [0.15, 0.2) is 0 Å². The number of carbonyl (C=O) groups is 2. The van der Waals surface area contributed by atoms with Gasteiger partial charge in [0.25, 0.3) is 5.91 Å². The van der Waals surface area contributed by atoms with Crippen LogP contribution in [0.1, 0.15) is 42.5 Å². The first-order valence-corrected chi connectivity index (χ1v) is 9.48. The van der Waals surface area contributed by atoms with Gasteiger partial charge in [-0.05, 0) is 37.1 Å². The maximum absolute atomic E-state index is 12.8. The lowest BCUT2D eigenvalue weighted by molar-refractivity contribution is 0.102. The van der Waals surface area contributed by atoms with Crippen LogP contribution in [0.25, 0.3) is 0 Å². The minimum absolute atomic E-state index is 0.0431. The molecule has 2 fully saturated rings. The molecule has 0 radical (unpaired) electrons. The Balaban J connectivity index is 1.40. The van der Waals surface area contributed by atoms with E-state index in [1.807, 2.05) is 4.90 Å². The van der Waals surface area contributed by atoms with Gasteiger partial charge in [-0.15, -0.1) is 0 Å². The second kappa shape index (κ2) is 7.73. The van der Waals surface area contributed by atoms with Crippen molar-refractivity contribution in [2.24, 2.45) is 0 Å². The number of amides is 3. The van der Waals surface area contributed by atoms with Crippen LogP contribution in [-0.4, -0.2) is 45.9 Å². The zero-order valence-electron chi connectivity index (χ0n) is 15.2. The van der Waals surface area contributed by atoms with E-state index in [0.717, 1.165) is 19.4 Å². The Morgan fingerprint density at radius 1 is 1.07 bits per heavy atom. The minimum atomic E-state index is -0.238. The molecule has 0 aromatic carbocycles. The molecule has 1 saturated heterocycles. The average Bonchev–Trinajstić information content (AvgIpc) is 3.11. The van der Waals surface area contributed by atoms with Crippen molar-refractivity contribution >= 4 is 23.4 Å². The summed E-state index contributed by atoms with van der Waals surface area (Å²) in [5.74, 6) is 0.385. The zero-order valence-corrected chi connectivity index (χ0v) is 15.2. The lowest BCUT2D eigenvalue weighted by atomic mass is 9.94. The van der Waals surface area contributed by atoms with Gasteiger partial charge in [0.05, 0.1) is 17.4 Å². The molecule has 2 aromatic heterocycles. The first kappa shape index (κ1) is 17.5. The van der Waals surface area contributed by atoms with Crippen molar-refractivity contribution in [1.82, 2.24) is 14.9 Å². The molecule has 1 saturated carbocycles. The summed E-state index contributed by atoms with van der Waals surface area (Å²) < 4.78 is 0. The molecular weight excluding hydrogens is 342 g/mol. The monoisotopic (exact) mass is 365 g/mol. The second-order valence-electron chi connectivity index (χ2n) is 7.02. The molecule has 7 heteroatoms. The van der Waals surface area contributed by atoms with Gasteiger partial charge in [-0.25, -0.2) is 9.78 Å². The van der Waals surface area contributed by atoms with E-state index in [4.69, 9.17) is 0 Å². The van der Waals surface area contributed by atoms with Crippen molar-refractivity contribution in [2.45, 2.75) is 38.1 Å². The molecule has 1 aliphatic heterocycles. The van der Waals surface area contributed by atoms with E-state index in [-0.39, 0.29) is 11.9 Å². The predicted octanol–water partition coefficient (Wildman–Crippen LogP) is 3.30. The fraction of sp³-hybridized carbons (Fsp3) is 0.400. The van der Waals surface area contributed by atoms with Crippen LogP contribution < -0.4 is 10.2 Å². The summed E-state index contributed by atoms with van der Waals surface area (Å²) >= 11 is 0. The fourth-order valence-electron chi connectivity index (χ4n) is 3.82. The summed E-state index contributed by atoms with van der Waals surface area (Å²) in [5.41, 5.74) is 1.07. The largest absolute Gasteiger partial charge is 0.326 e. The Bertz CT molecular complexity index is 803. The summed E-state index contributed by atoms with van der Waals surface area (Å²) in [5, 5.41) is 2.79. The third-order valence-corrected chi connectivity index (χ3v) is 5.26. The van der Waals surface area contributed by atoms with Crippen molar-refractivity contribution in [3.63, 3.8) is 0 Å². The molecule has 1 N–H and O–H groups in total. The van der Waals surface area contributed by atoms with Crippen LogP contribution in [0.15, 0.2) is 42.9 Å². The van der Waals surface area contributed by atoms with Gasteiger partial charge in [0.1, 0.15) is 5.82 Å². The van der Waals surface area contributed by atoms with Gasteiger partial charge in [-0.1, -0.05) is 19.3 Å². The molecule has 0 bridgehead atoms. The zero-order chi connectivity index (χ0) is 18.6. The van der Waals surface area contributed by atoms with Crippen molar-refractivity contribution in [3.05, 3.63) is 48.4 Å². The summed E-state index contributed by atoms with van der Waals surface area (Å²) in [6.07, 6.45) is 10.6. The van der Waals surface area contributed by atoms with Crippen molar-refractivity contribution in [2.75, 3.05) is 23.3 Å². The normalized spacial score (nSPS) is 18.0. The molecule has 3 amide bonds. The summed E-state index contributed by atoms with van der Waals surface area (Å²) in [4.78, 5) is 37.0. The van der Waals surface area contributed by atoms with Gasteiger partial charge in [0.2, 0.25) is 0 Å². The second-order valence-corrected chi connectivity index (χ2v) is 7.02. The number of hydrogen-bond donors (Lipinski definition) is 1. The lowest BCUT2D eigenvalue weighted by Crippen LogP contribution is -2.40. The van der Waals surface area contributed by atoms with E-state index in [2.05, 4.69) is 15.3 Å². The van der Waals surface area contributed by atoms with Crippen LogP contribution in [0, 0.1) is 0 Å². The van der Waals surface area contributed by atoms with Gasteiger partial charge in [-0.3, -0.25) is 14.7 Å². The molecule has 2 aliphatic rings. The van der Waals surface area contributed by atoms with Crippen LogP contribution in [0.5, 0.6) is 0 Å². The SMILES string of the molecule is O=C(Nc1ccc(N2CCN(C3CCCCC3)C2=O)nc1)c1cccnc1. The highest BCUT2D eigenvalue weighted by Gasteiger charge is 2.35. The Kier molecular flexibility index (Phi) is 5.00. The van der Waals surface area contributed by atoms with Gasteiger partial charge >= 0.3 is 6.03 Å². The number of nitrogens with one attached hydrogen (secondary N) is 1. The highest BCUT2D eigenvalue weighted by Crippen LogP contribution is 2.27. The minimum Gasteiger partial charge on any atom is -0.321 e. The molecule has 1 aliphatic carbocycles. The Morgan fingerprint density at radius 2 is 1.93 bits per heavy atom. The number of carbonyl (C=O) groups excluding carboxylic acids is 2. The van der Waals surface area contributed by atoms with E-state index in [1.165, 1.54) is 25.5 Å². The maximum atomic E-state index is 12.8. The smallest absolute Gasteiger partial charge is 0.321 e. The lowest BCUT2D eigenvalue weighted by Gasteiger charge is -2.30. The summed E-state index contributed by atoms with van der Waals surface area (Å²) in [6, 6.07) is 7.38. The van der Waals surface area contributed by atoms with E-state index in [0.29, 0.717) is 29.7 Å². The molecule has 27 heavy (non-hydrogen) atoms. The molecule has 7 nitrogen and oxygen atoms in total. The van der Waals surface area contributed by atoms with E-state index < -0.39 is 0 Å². The van der Waals surface area contributed by atoms with Crippen molar-refractivity contribution < 1.29 is 9.59 Å². The standard InChI is InChI=1S/C20H23N5O2/c26-19(15-5-4-10-21-13-15)23-16-8-9-18(22-14-16)25-12-11-24(20(25)27)17-6-2-1-3-7-17/h4-5,8-10,13-14,17H,1-3,6-7,11-12H2,(H,23,26). The van der Waals surface area contributed by atoms with Crippen LogP contribution >= 0.6 is 0 Å². The third kappa shape index (κ3) is 3.77. The van der Waals surface area contributed by atoms with Gasteiger partial charge in [0, 0.05) is 31.5 Å². The molecule has 0 spiro atoms. The van der Waals surface area contributed by atoms with Crippen LogP contribution in [0.4, 0.5) is 16.3 Å². The summed E-state index contributed by atoms with van der Waals surface area (Å²) in [7, 11) is 0. The molecule has 3 heterocycles. The Hall–Kier alpha value is -2.96. The number of anilines is 2. The number of aromatic nitrogens is 2. The fourth-order valence-corrected chi connectivity index (χ4v) is 3.82. The highest BCUT2D eigenvalue weighted by molar-refractivity contribution is 6.04. The Morgan fingerprint density at radius 3 is 2.63 bits per heavy atom. The number of nitrogens with zero attached hydrogens (tertiary/aromatic N) is 4. The van der Waals surface area contributed by atoms with E-state index in [9.17, 15) is 9.59 Å². The highest BCUT2D eigenvalue weighted by atomic mass is 16.2. The summed E-state index contributed by atoms with van der Waals surface area (Å²) in [6.45, 7) is 1.41. The third-order valence-electron chi connectivity index (χ3n) is 5.26. The van der Waals surface area contributed by atoms with E-state index in [1.54, 1.807) is 41.6 Å². The van der Waals surface area contributed by atoms with Crippen molar-refractivity contribution in [3.8, 4) is 0 Å². The topological polar surface area (TPSA) is 78.4 Å². The average molecular weight is 365 g/mol. The van der Waals surface area contributed by atoms with Crippen LogP contribution in [0.2, 0.25) is 0 Å². The molecule has 4 rings (SSSR count). The van der Waals surface area contributed by atoms with Crippen LogP contribution in [-0.2, 0) is 0 Å². The Labute approximate surface area is 158 Å². The van der Waals surface area contributed by atoms with Gasteiger partial charge < -0.3 is 10.2 Å². The molecular formula is C20H23N5O2. The molecule has 0 unspecified atom stereocenters. The van der Waals surface area contributed by atoms with E-state index >= 15 is 0 Å². The molecule has 140 valence electrons. The molecule has 2 aromatic rings. The number of pyridine rings is 2. The number of rotatable bonds is 4.